The monoisotopic (exact) mass is 243 g/mol. The van der Waals surface area contributed by atoms with E-state index in [4.69, 9.17) is 5.73 Å². The van der Waals surface area contributed by atoms with E-state index < -0.39 is 6.04 Å². The zero-order valence-corrected chi connectivity index (χ0v) is 11.1. The molecule has 0 saturated heterocycles. The van der Waals surface area contributed by atoms with Crippen molar-refractivity contribution in [2.45, 2.75) is 46.1 Å². The van der Waals surface area contributed by atoms with Crippen LogP contribution in [0.1, 0.15) is 40.0 Å². The molecule has 0 rings (SSSR count). The first kappa shape index (κ1) is 15.9. The summed E-state index contributed by atoms with van der Waals surface area (Å²) in [5.74, 6) is -0.0525. The Balaban J connectivity index is 3.97. The van der Waals surface area contributed by atoms with Crippen LogP contribution in [0, 0.1) is 5.92 Å². The third kappa shape index (κ3) is 6.94. The van der Waals surface area contributed by atoms with Gasteiger partial charge in [0.05, 0.1) is 0 Å². The molecule has 5 heteroatoms. The van der Waals surface area contributed by atoms with Gasteiger partial charge in [-0.05, 0) is 25.8 Å². The van der Waals surface area contributed by atoms with E-state index in [1.807, 2.05) is 13.8 Å². The van der Waals surface area contributed by atoms with Crippen molar-refractivity contribution in [2.24, 2.45) is 11.7 Å². The van der Waals surface area contributed by atoms with Crippen LogP contribution in [0.4, 0.5) is 0 Å². The summed E-state index contributed by atoms with van der Waals surface area (Å²) < 4.78 is 0. The van der Waals surface area contributed by atoms with E-state index in [-0.39, 0.29) is 17.7 Å². The molecule has 0 aromatic heterocycles. The number of carbonyl (C=O) groups is 2. The molecule has 2 unspecified atom stereocenters. The number of nitrogens with two attached hydrogens (primary N) is 1. The maximum Gasteiger partial charge on any atom is 0.242 e. The van der Waals surface area contributed by atoms with E-state index >= 15 is 0 Å². The van der Waals surface area contributed by atoms with Gasteiger partial charge in [-0.3, -0.25) is 9.59 Å². The van der Waals surface area contributed by atoms with Gasteiger partial charge in [-0.15, -0.1) is 0 Å². The van der Waals surface area contributed by atoms with Crippen molar-refractivity contribution < 1.29 is 9.59 Å². The molecule has 0 fully saturated rings. The molecule has 100 valence electrons. The summed E-state index contributed by atoms with van der Waals surface area (Å²) in [6.07, 6.45) is 2.15. The summed E-state index contributed by atoms with van der Waals surface area (Å²) in [4.78, 5) is 23.1. The fourth-order valence-electron chi connectivity index (χ4n) is 1.42. The summed E-state index contributed by atoms with van der Waals surface area (Å²) in [5, 5.41) is 5.42. The second kappa shape index (κ2) is 8.98. The highest BCUT2D eigenvalue weighted by Gasteiger charge is 2.16. The molecule has 0 aromatic carbocycles. The predicted octanol–water partition coefficient (Wildman–Crippen LogP) is 0.392. The van der Waals surface area contributed by atoms with Crippen molar-refractivity contribution in [1.82, 2.24) is 10.6 Å². The van der Waals surface area contributed by atoms with Crippen LogP contribution in [0.15, 0.2) is 0 Å². The largest absolute Gasteiger partial charge is 0.354 e. The lowest BCUT2D eigenvalue weighted by molar-refractivity contribution is -0.129. The molecule has 2 atom stereocenters. The number of nitrogens with one attached hydrogen (secondary N) is 2. The minimum Gasteiger partial charge on any atom is -0.354 e. The van der Waals surface area contributed by atoms with Gasteiger partial charge in [0, 0.05) is 13.0 Å². The van der Waals surface area contributed by atoms with E-state index in [0.717, 1.165) is 12.8 Å². The van der Waals surface area contributed by atoms with E-state index in [1.165, 1.54) is 0 Å². The smallest absolute Gasteiger partial charge is 0.242 e. The van der Waals surface area contributed by atoms with Crippen molar-refractivity contribution in [3.8, 4) is 0 Å². The predicted molar refractivity (Wildman–Crippen MR) is 68.4 cm³/mol. The second-order valence-electron chi connectivity index (χ2n) is 4.29. The third-order valence-electron chi connectivity index (χ3n) is 2.70. The fraction of sp³-hybridized carbons (Fsp3) is 0.833. The van der Waals surface area contributed by atoms with Crippen molar-refractivity contribution in [3.05, 3.63) is 0 Å². The fourth-order valence-corrected chi connectivity index (χ4v) is 1.42. The van der Waals surface area contributed by atoms with Gasteiger partial charge >= 0.3 is 0 Å². The molecule has 0 bridgehead atoms. The molecule has 0 aliphatic heterocycles. The molecular formula is C12H25N3O2. The van der Waals surface area contributed by atoms with E-state index in [1.54, 1.807) is 6.92 Å². The summed E-state index contributed by atoms with van der Waals surface area (Å²) in [7, 11) is 0. The zero-order chi connectivity index (χ0) is 13.3. The Morgan fingerprint density at radius 2 is 1.94 bits per heavy atom. The van der Waals surface area contributed by atoms with Crippen molar-refractivity contribution in [1.29, 1.82) is 0 Å². The Hall–Kier alpha value is -1.10. The van der Waals surface area contributed by atoms with Crippen LogP contribution >= 0.6 is 0 Å². The quantitative estimate of drug-likeness (QED) is 0.576. The average Bonchev–Trinajstić information content (AvgIpc) is 2.32. The minimum atomic E-state index is -0.482. The molecule has 2 amide bonds. The van der Waals surface area contributed by atoms with Crippen LogP contribution in [-0.2, 0) is 9.59 Å². The lowest BCUT2D eigenvalue weighted by atomic mass is 10.0. The highest BCUT2D eigenvalue weighted by Crippen LogP contribution is 2.05. The molecule has 0 saturated carbocycles. The Bertz CT molecular complexity index is 240. The first-order chi connectivity index (χ1) is 8.04. The molecule has 0 spiro atoms. The molecule has 0 heterocycles. The highest BCUT2D eigenvalue weighted by atomic mass is 16.2. The van der Waals surface area contributed by atoms with Gasteiger partial charge in [0.2, 0.25) is 11.8 Å². The Labute approximate surface area is 104 Å². The minimum absolute atomic E-state index is 0.110. The van der Waals surface area contributed by atoms with Gasteiger partial charge in [0.1, 0.15) is 6.04 Å². The SMILES string of the molecule is CCCNC(=O)C(C)NC(=O)CC(CC)CN. The van der Waals surface area contributed by atoms with Crippen LogP contribution in [0.2, 0.25) is 0 Å². The number of hydrogen-bond donors (Lipinski definition) is 3. The van der Waals surface area contributed by atoms with Gasteiger partial charge in [-0.1, -0.05) is 20.3 Å². The summed E-state index contributed by atoms with van der Waals surface area (Å²) in [5.41, 5.74) is 5.53. The lowest BCUT2D eigenvalue weighted by Gasteiger charge is -2.16. The van der Waals surface area contributed by atoms with Crippen molar-refractivity contribution in [3.63, 3.8) is 0 Å². The maximum atomic E-state index is 11.6. The molecule has 4 N–H and O–H groups in total. The molecule has 0 aliphatic carbocycles. The molecule has 0 radical (unpaired) electrons. The topological polar surface area (TPSA) is 84.2 Å². The van der Waals surface area contributed by atoms with Crippen LogP contribution in [0.25, 0.3) is 0 Å². The van der Waals surface area contributed by atoms with Gasteiger partial charge in [-0.2, -0.15) is 0 Å². The van der Waals surface area contributed by atoms with Gasteiger partial charge < -0.3 is 16.4 Å². The van der Waals surface area contributed by atoms with Crippen molar-refractivity contribution >= 4 is 11.8 Å². The summed E-state index contributed by atoms with van der Waals surface area (Å²) >= 11 is 0. The van der Waals surface area contributed by atoms with Crippen LogP contribution in [-0.4, -0.2) is 30.9 Å². The summed E-state index contributed by atoms with van der Waals surface area (Å²) in [6.45, 7) is 6.81. The number of rotatable bonds is 8. The number of carbonyl (C=O) groups excluding carboxylic acids is 2. The normalized spacial score (nSPS) is 13.9. The third-order valence-corrected chi connectivity index (χ3v) is 2.70. The number of amides is 2. The molecule has 5 nitrogen and oxygen atoms in total. The number of hydrogen-bond acceptors (Lipinski definition) is 3. The lowest BCUT2D eigenvalue weighted by Crippen LogP contribution is -2.45. The van der Waals surface area contributed by atoms with Crippen molar-refractivity contribution in [2.75, 3.05) is 13.1 Å². The highest BCUT2D eigenvalue weighted by molar-refractivity contribution is 5.87. The van der Waals surface area contributed by atoms with Gasteiger partial charge in [0.25, 0.3) is 0 Å². The van der Waals surface area contributed by atoms with Gasteiger partial charge in [0.15, 0.2) is 0 Å². The van der Waals surface area contributed by atoms with E-state index in [2.05, 4.69) is 10.6 Å². The summed E-state index contributed by atoms with van der Waals surface area (Å²) in [6, 6.07) is -0.482. The Kier molecular flexibility index (Phi) is 8.40. The van der Waals surface area contributed by atoms with Crippen LogP contribution in [0.5, 0.6) is 0 Å². The molecule has 0 aliphatic rings. The van der Waals surface area contributed by atoms with E-state index in [0.29, 0.717) is 19.5 Å². The first-order valence-electron chi connectivity index (χ1n) is 6.32. The molecule has 17 heavy (non-hydrogen) atoms. The maximum absolute atomic E-state index is 11.6. The second-order valence-corrected chi connectivity index (χ2v) is 4.29. The molecule has 0 aromatic rings. The van der Waals surface area contributed by atoms with E-state index in [9.17, 15) is 9.59 Å². The standard InChI is InChI=1S/C12H25N3O2/c1-4-6-14-12(17)9(3)15-11(16)7-10(5-2)8-13/h9-10H,4-8,13H2,1-3H3,(H,14,17)(H,15,16). The zero-order valence-electron chi connectivity index (χ0n) is 11.1. The van der Waals surface area contributed by atoms with Crippen LogP contribution in [0.3, 0.4) is 0 Å². The average molecular weight is 243 g/mol. The Morgan fingerprint density at radius 1 is 1.29 bits per heavy atom. The Morgan fingerprint density at radius 3 is 2.41 bits per heavy atom. The van der Waals surface area contributed by atoms with Crippen LogP contribution < -0.4 is 16.4 Å². The van der Waals surface area contributed by atoms with Gasteiger partial charge in [-0.25, -0.2) is 0 Å². The first-order valence-corrected chi connectivity index (χ1v) is 6.32. The molecular weight excluding hydrogens is 218 g/mol.